The van der Waals surface area contributed by atoms with Gasteiger partial charge in [-0.05, 0) is 50.7 Å². The van der Waals surface area contributed by atoms with E-state index in [1.54, 1.807) is 11.3 Å². The minimum absolute atomic E-state index is 0.0252. The number of carbonyl (C=O) groups is 1. The minimum atomic E-state index is -0.0823. The molecule has 0 aliphatic heterocycles. The Kier molecular flexibility index (Phi) is 5.31. The molecule has 1 aliphatic rings. The summed E-state index contributed by atoms with van der Waals surface area (Å²) in [6.45, 7) is 4.56. The molecule has 3 aromatic rings. The molecule has 0 saturated heterocycles. The average Bonchev–Trinajstić information content (AvgIpc) is 3.08. The number of amides is 1. The Morgan fingerprint density at radius 1 is 1.21 bits per heavy atom. The van der Waals surface area contributed by atoms with Crippen LogP contribution in [0.5, 0.6) is 0 Å². The predicted molar refractivity (Wildman–Crippen MR) is 113 cm³/mol. The van der Waals surface area contributed by atoms with Gasteiger partial charge >= 0.3 is 0 Å². The largest absolute Gasteiger partial charge is 0.334 e. The third kappa shape index (κ3) is 3.61. The third-order valence-electron chi connectivity index (χ3n) is 5.39. The van der Waals surface area contributed by atoms with Crippen molar-refractivity contribution in [3.8, 4) is 0 Å². The molecule has 0 fully saturated rings. The first-order chi connectivity index (χ1) is 13.5. The first-order valence-electron chi connectivity index (χ1n) is 9.87. The van der Waals surface area contributed by atoms with Crippen molar-refractivity contribution in [2.45, 2.75) is 58.7 Å². The molecule has 0 bridgehead atoms. The Bertz CT molecular complexity index is 1050. The molecule has 6 heteroatoms. The Labute approximate surface area is 168 Å². The van der Waals surface area contributed by atoms with Gasteiger partial charge in [0.1, 0.15) is 11.4 Å². The summed E-state index contributed by atoms with van der Waals surface area (Å²) in [6.07, 6.45) is 5.80. The van der Waals surface area contributed by atoms with E-state index in [4.69, 9.17) is 0 Å². The van der Waals surface area contributed by atoms with Crippen LogP contribution in [0.15, 0.2) is 41.5 Å². The molecule has 1 amide bonds. The van der Waals surface area contributed by atoms with Crippen LogP contribution >= 0.6 is 11.3 Å². The van der Waals surface area contributed by atoms with Crippen molar-refractivity contribution in [3.63, 3.8) is 0 Å². The second-order valence-corrected chi connectivity index (χ2v) is 8.75. The maximum atomic E-state index is 13.1. The molecule has 0 radical (unpaired) electrons. The number of thiophene rings is 1. The number of fused-ring (bicyclic) bond motifs is 3. The molecule has 146 valence electrons. The monoisotopic (exact) mass is 395 g/mol. The molecular weight excluding hydrogens is 370 g/mol. The summed E-state index contributed by atoms with van der Waals surface area (Å²) >= 11 is 1.63. The van der Waals surface area contributed by atoms with Gasteiger partial charge in [-0.1, -0.05) is 30.3 Å². The Morgan fingerprint density at radius 3 is 2.71 bits per heavy atom. The first-order valence-corrected chi connectivity index (χ1v) is 10.7. The highest BCUT2D eigenvalue weighted by molar-refractivity contribution is 7.18. The number of aryl methyl sites for hydroxylation is 2. The van der Waals surface area contributed by atoms with Crippen molar-refractivity contribution in [3.05, 3.63) is 63.0 Å². The van der Waals surface area contributed by atoms with Gasteiger partial charge in [-0.2, -0.15) is 0 Å². The van der Waals surface area contributed by atoms with Crippen molar-refractivity contribution in [1.29, 1.82) is 0 Å². The van der Waals surface area contributed by atoms with Crippen LogP contribution in [0.3, 0.4) is 0 Å². The SMILES string of the molecule is CC(C)N(Cc1ccccc1)C(=O)Cn1cnc2sc3c(c2c1=O)CCCC3. The van der Waals surface area contributed by atoms with Gasteiger partial charge in [0.2, 0.25) is 5.91 Å². The summed E-state index contributed by atoms with van der Waals surface area (Å²) in [7, 11) is 0. The zero-order valence-electron chi connectivity index (χ0n) is 16.4. The quantitative estimate of drug-likeness (QED) is 0.661. The highest BCUT2D eigenvalue weighted by Gasteiger charge is 2.22. The van der Waals surface area contributed by atoms with E-state index in [1.807, 2.05) is 49.1 Å². The molecule has 0 unspecified atom stereocenters. The summed E-state index contributed by atoms with van der Waals surface area (Å²) < 4.78 is 1.48. The van der Waals surface area contributed by atoms with Crippen LogP contribution in [0.1, 0.15) is 42.7 Å². The molecule has 5 nitrogen and oxygen atoms in total. The van der Waals surface area contributed by atoms with Gasteiger partial charge in [-0.3, -0.25) is 14.2 Å². The summed E-state index contributed by atoms with van der Waals surface area (Å²) in [6, 6.07) is 9.99. The smallest absolute Gasteiger partial charge is 0.262 e. The Hall–Kier alpha value is -2.47. The van der Waals surface area contributed by atoms with E-state index in [-0.39, 0.29) is 24.1 Å². The number of rotatable bonds is 5. The van der Waals surface area contributed by atoms with E-state index in [9.17, 15) is 9.59 Å². The summed E-state index contributed by atoms with van der Waals surface area (Å²) in [5, 5.41) is 0.731. The van der Waals surface area contributed by atoms with Crippen LogP contribution in [0.25, 0.3) is 10.2 Å². The maximum Gasteiger partial charge on any atom is 0.262 e. The van der Waals surface area contributed by atoms with Crippen LogP contribution in [-0.2, 0) is 30.7 Å². The fraction of sp³-hybridized carbons (Fsp3) is 0.409. The van der Waals surface area contributed by atoms with Crippen LogP contribution in [-0.4, -0.2) is 26.4 Å². The van der Waals surface area contributed by atoms with Crippen LogP contribution in [0.2, 0.25) is 0 Å². The molecule has 1 aromatic carbocycles. The number of carbonyl (C=O) groups excluding carboxylic acids is 1. The summed E-state index contributed by atoms with van der Waals surface area (Å²) in [5.41, 5.74) is 2.16. The van der Waals surface area contributed by atoms with Crippen molar-refractivity contribution in [1.82, 2.24) is 14.5 Å². The topological polar surface area (TPSA) is 55.2 Å². The highest BCUT2D eigenvalue weighted by Crippen LogP contribution is 2.33. The lowest BCUT2D eigenvalue weighted by Crippen LogP contribution is -2.40. The fourth-order valence-corrected chi connectivity index (χ4v) is 5.09. The normalized spacial score (nSPS) is 13.7. The van der Waals surface area contributed by atoms with E-state index in [0.29, 0.717) is 6.54 Å². The van der Waals surface area contributed by atoms with Gasteiger partial charge in [-0.25, -0.2) is 4.98 Å². The van der Waals surface area contributed by atoms with Crippen molar-refractivity contribution in [2.24, 2.45) is 0 Å². The standard InChI is InChI=1S/C22H25N3O2S/c1-15(2)25(12-16-8-4-3-5-9-16)19(26)13-24-14-23-21-20(22(24)27)17-10-6-7-11-18(17)28-21/h3-5,8-9,14-15H,6-7,10-13H2,1-2H3. The van der Waals surface area contributed by atoms with E-state index >= 15 is 0 Å². The third-order valence-corrected chi connectivity index (χ3v) is 6.59. The zero-order chi connectivity index (χ0) is 19.7. The van der Waals surface area contributed by atoms with Crippen LogP contribution in [0, 0.1) is 0 Å². The lowest BCUT2D eigenvalue weighted by atomic mass is 9.97. The van der Waals surface area contributed by atoms with E-state index in [1.165, 1.54) is 22.2 Å². The second-order valence-electron chi connectivity index (χ2n) is 7.67. The molecule has 0 N–H and O–H groups in total. The first kappa shape index (κ1) is 18.9. The van der Waals surface area contributed by atoms with E-state index < -0.39 is 0 Å². The van der Waals surface area contributed by atoms with E-state index in [2.05, 4.69) is 4.98 Å². The molecule has 0 atom stereocenters. The number of hydrogen-bond donors (Lipinski definition) is 0. The van der Waals surface area contributed by atoms with Crippen LogP contribution in [0.4, 0.5) is 0 Å². The van der Waals surface area contributed by atoms with Gasteiger partial charge in [-0.15, -0.1) is 11.3 Å². The molecular formula is C22H25N3O2S. The van der Waals surface area contributed by atoms with Crippen molar-refractivity contribution in [2.75, 3.05) is 0 Å². The summed E-state index contributed by atoms with van der Waals surface area (Å²) in [5.74, 6) is -0.0637. The lowest BCUT2D eigenvalue weighted by Gasteiger charge is -2.27. The zero-order valence-corrected chi connectivity index (χ0v) is 17.2. The number of nitrogens with zero attached hydrogens (tertiary/aromatic N) is 3. The molecule has 28 heavy (non-hydrogen) atoms. The van der Waals surface area contributed by atoms with Gasteiger partial charge in [0.15, 0.2) is 0 Å². The predicted octanol–water partition coefficient (Wildman–Crippen LogP) is 3.77. The number of aromatic nitrogens is 2. The van der Waals surface area contributed by atoms with Gasteiger partial charge < -0.3 is 4.90 Å². The number of benzene rings is 1. The summed E-state index contributed by atoms with van der Waals surface area (Å²) in [4.78, 5) is 34.5. The van der Waals surface area contributed by atoms with Gasteiger partial charge in [0, 0.05) is 17.5 Å². The second kappa shape index (κ2) is 7.87. The fourth-order valence-electron chi connectivity index (χ4n) is 3.87. The molecule has 2 aromatic heterocycles. The van der Waals surface area contributed by atoms with Crippen molar-refractivity contribution < 1.29 is 4.79 Å². The molecule has 2 heterocycles. The lowest BCUT2D eigenvalue weighted by molar-refractivity contribution is -0.134. The average molecular weight is 396 g/mol. The molecule has 0 saturated carbocycles. The van der Waals surface area contributed by atoms with Gasteiger partial charge in [0.05, 0.1) is 11.7 Å². The minimum Gasteiger partial charge on any atom is -0.334 e. The molecule has 0 spiro atoms. The Morgan fingerprint density at radius 2 is 1.96 bits per heavy atom. The maximum absolute atomic E-state index is 13.1. The molecule has 1 aliphatic carbocycles. The Balaban J connectivity index is 1.62. The highest BCUT2D eigenvalue weighted by atomic mass is 32.1. The molecule has 4 rings (SSSR count). The number of hydrogen-bond acceptors (Lipinski definition) is 4. The van der Waals surface area contributed by atoms with Crippen molar-refractivity contribution >= 4 is 27.5 Å². The van der Waals surface area contributed by atoms with Crippen LogP contribution < -0.4 is 5.56 Å². The van der Waals surface area contributed by atoms with Gasteiger partial charge in [0.25, 0.3) is 5.56 Å². The van der Waals surface area contributed by atoms with E-state index in [0.717, 1.165) is 40.6 Å².